The van der Waals surface area contributed by atoms with Gasteiger partial charge in [-0.3, -0.25) is 0 Å². The van der Waals surface area contributed by atoms with E-state index in [9.17, 15) is 24.9 Å². The number of rotatable bonds is 20. The summed E-state index contributed by atoms with van der Waals surface area (Å²) in [6.07, 6.45) is 20.8. The maximum Gasteiger partial charge on any atom is 2.00 e. The van der Waals surface area contributed by atoms with Crippen LogP contribution in [0.15, 0.2) is 36.4 Å². The molecule has 0 amide bonds. The number of carbonyl (C=O) groups is 2. The zero-order valence-corrected chi connectivity index (χ0v) is 27.6. The van der Waals surface area contributed by atoms with Crippen molar-refractivity contribution in [2.24, 2.45) is 0 Å². The Bertz CT molecular complexity index is 912. The summed E-state index contributed by atoms with van der Waals surface area (Å²) in [5, 5.41) is 41.2. The minimum Gasteiger partial charge on any atom is -0.872 e. The molecule has 0 saturated heterocycles. The van der Waals surface area contributed by atoms with Gasteiger partial charge < -0.3 is 25.2 Å². The molecule has 6 nitrogen and oxygen atoms in total. The predicted molar refractivity (Wildman–Crippen MR) is 164 cm³/mol. The van der Waals surface area contributed by atoms with Crippen molar-refractivity contribution < 1.29 is 30.0 Å². The van der Waals surface area contributed by atoms with Crippen LogP contribution < -0.4 is 10.2 Å². The standard InChI is InChI=1S/2C17H26O3.Ca/c2*1-2-3-4-5-6-7-8-9-11-14-12-10-13-15(18)16(14)17(19)20;/h2*10,12-13,18H,2-9,11H2,1H3,(H,19,20);/q;;+2/p-2. The number of carbonyl (C=O) groups excluding carboxylic acids is 1. The van der Waals surface area contributed by atoms with Crippen molar-refractivity contribution in [2.45, 2.75) is 129 Å². The summed E-state index contributed by atoms with van der Waals surface area (Å²) in [6, 6.07) is 9.55. The minimum absolute atomic E-state index is 0. The van der Waals surface area contributed by atoms with Gasteiger partial charge >= 0.3 is 43.7 Å². The van der Waals surface area contributed by atoms with Gasteiger partial charge in [-0.05, 0) is 48.4 Å². The first-order chi connectivity index (χ1) is 19.3. The number of aromatic hydroxyl groups is 1. The zero-order chi connectivity index (χ0) is 29.6. The van der Waals surface area contributed by atoms with Gasteiger partial charge in [0, 0.05) is 0 Å². The topological polar surface area (TPSA) is 121 Å². The third-order valence-electron chi connectivity index (χ3n) is 7.26. The Morgan fingerprint density at radius 2 is 1.02 bits per heavy atom. The molecule has 0 bridgehead atoms. The molecule has 41 heavy (non-hydrogen) atoms. The molecule has 0 aliphatic heterocycles. The minimum atomic E-state index is -1.36. The molecule has 0 aliphatic carbocycles. The summed E-state index contributed by atoms with van der Waals surface area (Å²) in [6.45, 7) is 4.42. The Balaban J connectivity index is 0.000000762. The van der Waals surface area contributed by atoms with Crippen LogP contribution >= 0.6 is 0 Å². The second-order valence-electron chi connectivity index (χ2n) is 10.6. The smallest absolute Gasteiger partial charge is 0.872 e. The molecule has 0 fully saturated rings. The molecule has 0 spiro atoms. The molecule has 0 unspecified atom stereocenters. The second kappa shape index (κ2) is 24.8. The number of unbranched alkanes of at least 4 members (excludes halogenated alkanes) is 14. The number of carboxylic acids is 2. The van der Waals surface area contributed by atoms with Gasteiger partial charge in [-0.25, -0.2) is 4.79 Å². The van der Waals surface area contributed by atoms with Crippen LogP contribution in [0.3, 0.4) is 0 Å². The number of hydrogen-bond acceptors (Lipinski definition) is 5. The van der Waals surface area contributed by atoms with E-state index in [-0.39, 0.29) is 54.6 Å². The van der Waals surface area contributed by atoms with E-state index in [1.165, 1.54) is 89.2 Å². The molecule has 0 aliphatic rings. The molecule has 224 valence electrons. The van der Waals surface area contributed by atoms with Crippen LogP contribution in [0.2, 0.25) is 0 Å². The SMILES string of the molecule is CCCCCCCCCCc1cccc(O)c1C(=O)O.CCCCCCCCCCc1cccc([O-])c1C(=O)[O-].[Ca+2]. The Kier molecular flexibility index (Phi) is 23.7. The van der Waals surface area contributed by atoms with Gasteiger partial charge in [0.15, 0.2) is 0 Å². The summed E-state index contributed by atoms with van der Waals surface area (Å²) in [5.41, 5.74) is 1.26. The third kappa shape index (κ3) is 17.1. The Morgan fingerprint density at radius 3 is 1.44 bits per heavy atom. The van der Waals surface area contributed by atoms with Crippen LogP contribution in [-0.2, 0) is 12.8 Å². The first-order valence-corrected chi connectivity index (χ1v) is 15.4. The van der Waals surface area contributed by atoms with Gasteiger partial charge in [0.1, 0.15) is 11.3 Å². The van der Waals surface area contributed by atoms with E-state index in [4.69, 9.17) is 5.11 Å². The largest absolute Gasteiger partial charge is 2.00 e. The van der Waals surface area contributed by atoms with Crippen molar-refractivity contribution in [3.05, 3.63) is 58.7 Å². The summed E-state index contributed by atoms with van der Waals surface area (Å²) in [7, 11) is 0. The molecule has 0 heterocycles. The maximum atomic E-state index is 11.5. The van der Waals surface area contributed by atoms with Crippen molar-refractivity contribution in [1.29, 1.82) is 0 Å². The number of hydrogen-bond donors (Lipinski definition) is 2. The maximum absolute atomic E-state index is 11.5. The summed E-state index contributed by atoms with van der Waals surface area (Å²) >= 11 is 0. The molecule has 7 heteroatoms. The summed E-state index contributed by atoms with van der Waals surface area (Å²) in [4.78, 5) is 22.1. The average molecular weight is 595 g/mol. The van der Waals surface area contributed by atoms with E-state index in [1.807, 2.05) is 0 Å². The first-order valence-electron chi connectivity index (χ1n) is 15.4. The third-order valence-corrected chi connectivity index (χ3v) is 7.26. The van der Waals surface area contributed by atoms with Crippen LogP contribution in [-0.4, -0.2) is 59.9 Å². The fraction of sp³-hybridized carbons (Fsp3) is 0.588. The van der Waals surface area contributed by atoms with Crippen LogP contribution in [0.5, 0.6) is 11.5 Å². The van der Waals surface area contributed by atoms with E-state index >= 15 is 0 Å². The quantitative estimate of drug-likeness (QED) is 0.124. The number of aromatic carboxylic acids is 2. The van der Waals surface area contributed by atoms with Gasteiger partial charge in [0.25, 0.3) is 0 Å². The predicted octanol–water partition coefficient (Wildman–Crippen LogP) is 7.20. The Hall–Kier alpha value is -1.76. The van der Waals surface area contributed by atoms with Gasteiger partial charge in [-0.15, -0.1) is 0 Å². The van der Waals surface area contributed by atoms with Gasteiger partial charge in [-0.2, -0.15) is 0 Å². The first kappa shape index (κ1) is 39.2. The average Bonchev–Trinajstić information content (AvgIpc) is 2.91. The molecule has 0 aromatic heterocycles. The molecule has 2 aromatic rings. The number of aryl methyl sites for hydroxylation is 2. The van der Waals surface area contributed by atoms with Crippen LogP contribution in [0.25, 0.3) is 0 Å². The normalized spacial score (nSPS) is 10.4. The monoisotopic (exact) mass is 594 g/mol. The fourth-order valence-electron chi connectivity index (χ4n) is 4.96. The number of carboxylic acid groups (broad SMARTS) is 2. The Morgan fingerprint density at radius 1 is 0.634 bits per heavy atom. The van der Waals surface area contributed by atoms with E-state index in [0.29, 0.717) is 12.0 Å². The molecule has 0 radical (unpaired) electrons. The van der Waals surface area contributed by atoms with E-state index in [2.05, 4.69) is 13.8 Å². The fourth-order valence-corrected chi connectivity index (χ4v) is 4.96. The molecule has 2 N–H and O–H groups in total. The van der Waals surface area contributed by atoms with Gasteiger partial charge in [0.05, 0.1) is 5.97 Å². The molecular weight excluding hydrogens is 544 g/mol. The molecule has 2 aromatic carbocycles. The zero-order valence-electron chi connectivity index (χ0n) is 25.4. The van der Waals surface area contributed by atoms with E-state index in [1.54, 1.807) is 24.3 Å². The summed E-state index contributed by atoms with van der Waals surface area (Å²) in [5.74, 6) is -2.97. The molecule has 0 atom stereocenters. The molecule has 2 rings (SSSR count). The molecular formula is C34H50CaO6. The van der Waals surface area contributed by atoms with E-state index < -0.39 is 17.7 Å². The van der Waals surface area contributed by atoms with Crippen molar-refractivity contribution in [1.82, 2.24) is 0 Å². The number of benzene rings is 2. The van der Waals surface area contributed by atoms with Gasteiger partial charge in [0.2, 0.25) is 0 Å². The van der Waals surface area contributed by atoms with Crippen LogP contribution in [0.1, 0.15) is 148 Å². The number of phenols is 1. The summed E-state index contributed by atoms with van der Waals surface area (Å²) < 4.78 is 0. The van der Waals surface area contributed by atoms with Crippen LogP contribution in [0.4, 0.5) is 0 Å². The van der Waals surface area contributed by atoms with Crippen LogP contribution in [0, 0.1) is 0 Å². The molecule has 0 saturated carbocycles. The van der Waals surface area contributed by atoms with Gasteiger partial charge in [-0.1, -0.05) is 140 Å². The van der Waals surface area contributed by atoms with Crippen molar-refractivity contribution in [3.8, 4) is 11.5 Å². The van der Waals surface area contributed by atoms with Crippen molar-refractivity contribution in [3.63, 3.8) is 0 Å². The van der Waals surface area contributed by atoms with Crippen molar-refractivity contribution in [2.75, 3.05) is 0 Å². The second-order valence-corrected chi connectivity index (χ2v) is 10.6. The van der Waals surface area contributed by atoms with E-state index in [0.717, 1.165) is 37.7 Å². The Labute approximate surface area is 277 Å². The van der Waals surface area contributed by atoms with Crippen molar-refractivity contribution >= 4 is 49.7 Å².